The fourth-order valence-electron chi connectivity index (χ4n) is 1.70. The van der Waals surface area contributed by atoms with Gasteiger partial charge in [0.05, 0.1) is 18.7 Å². The van der Waals surface area contributed by atoms with Crippen LogP contribution in [0.15, 0.2) is 22.7 Å². The van der Waals surface area contributed by atoms with Gasteiger partial charge in [0.2, 0.25) is 0 Å². The molecule has 0 aromatic heterocycles. The lowest BCUT2D eigenvalue weighted by Crippen LogP contribution is -2.37. The molecule has 0 aliphatic carbocycles. The summed E-state index contributed by atoms with van der Waals surface area (Å²) in [6.07, 6.45) is 0. The molecule has 1 atom stereocenters. The lowest BCUT2D eigenvalue weighted by Gasteiger charge is -2.17. The Bertz CT molecular complexity index is 520. The molecule has 1 aromatic carbocycles. The highest BCUT2D eigenvalue weighted by molar-refractivity contribution is 9.10. The molecule has 0 fully saturated rings. The number of urea groups is 1. The number of nitrogens with one attached hydrogen (secondary N) is 2. The monoisotopic (exact) mass is 358 g/mol. The predicted octanol–water partition coefficient (Wildman–Crippen LogP) is 2.94. The Labute approximate surface area is 132 Å². The quantitative estimate of drug-likeness (QED) is 0.729. The van der Waals surface area contributed by atoms with Gasteiger partial charge in [-0.15, -0.1) is 0 Å². The normalized spacial score (nSPS) is 11.9. The van der Waals surface area contributed by atoms with E-state index in [-0.39, 0.29) is 12.5 Å². The van der Waals surface area contributed by atoms with Gasteiger partial charge in [-0.2, -0.15) is 0 Å². The van der Waals surface area contributed by atoms with Crippen molar-refractivity contribution >= 4 is 33.6 Å². The van der Waals surface area contributed by atoms with Gasteiger partial charge in [0, 0.05) is 17.1 Å². The lowest BCUT2D eigenvalue weighted by molar-refractivity contribution is -0.142. The number of anilines is 1. The van der Waals surface area contributed by atoms with E-state index in [0.717, 1.165) is 0 Å². The molecule has 21 heavy (non-hydrogen) atoms. The van der Waals surface area contributed by atoms with E-state index < -0.39 is 17.9 Å². The van der Waals surface area contributed by atoms with Gasteiger partial charge in [0.25, 0.3) is 0 Å². The number of benzene rings is 1. The Morgan fingerprint density at radius 2 is 2.05 bits per heavy atom. The minimum Gasteiger partial charge on any atom is -0.497 e. The van der Waals surface area contributed by atoms with E-state index in [2.05, 4.69) is 26.6 Å². The van der Waals surface area contributed by atoms with Crippen LogP contribution in [-0.4, -0.2) is 30.8 Å². The third kappa shape index (κ3) is 5.26. The van der Waals surface area contributed by atoms with Crippen LogP contribution in [0, 0.1) is 11.8 Å². The highest BCUT2D eigenvalue weighted by atomic mass is 79.9. The van der Waals surface area contributed by atoms with E-state index >= 15 is 0 Å². The topological polar surface area (TPSA) is 87.7 Å². The number of rotatable bonds is 6. The number of methoxy groups -OCH3 is 1. The molecular weight excluding hydrogens is 340 g/mol. The average molecular weight is 359 g/mol. The summed E-state index contributed by atoms with van der Waals surface area (Å²) in [5, 5.41) is 14.3. The molecule has 0 saturated heterocycles. The Hall–Kier alpha value is -1.76. The number of carbonyl (C=O) groups is 2. The van der Waals surface area contributed by atoms with Gasteiger partial charge >= 0.3 is 12.0 Å². The maximum absolute atomic E-state index is 11.8. The highest BCUT2D eigenvalue weighted by Gasteiger charge is 2.22. The number of carboxylic acids is 1. The van der Waals surface area contributed by atoms with Gasteiger partial charge in [-0.3, -0.25) is 4.79 Å². The van der Waals surface area contributed by atoms with Crippen molar-refractivity contribution in [2.75, 3.05) is 19.0 Å². The molecule has 6 nitrogen and oxygen atoms in total. The van der Waals surface area contributed by atoms with Crippen LogP contribution in [0.4, 0.5) is 10.5 Å². The Morgan fingerprint density at radius 3 is 2.57 bits per heavy atom. The van der Waals surface area contributed by atoms with E-state index in [1.807, 2.05) is 0 Å². The second kappa shape index (κ2) is 7.87. The van der Waals surface area contributed by atoms with Gasteiger partial charge in [-0.1, -0.05) is 13.8 Å². The fourth-order valence-corrected chi connectivity index (χ4v) is 2.05. The van der Waals surface area contributed by atoms with Crippen LogP contribution in [0.1, 0.15) is 13.8 Å². The van der Waals surface area contributed by atoms with Gasteiger partial charge in [-0.05, 0) is 34.0 Å². The largest absolute Gasteiger partial charge is 0.497 e. The number of amides is 2. The molecule has 2 amide bonds. The molecule has 0 bridgehead atoms. The Morgan fingerprint density at radius 1 is 1.38 bits per heavy atom. The number of carbonyl (C=O) groups excluding carboxylic acids is 1. The SMILES string of the molecule is COc1ccc(Br)c(NC(=O)NCC(C(=O)O)C(C)C)c1. The van der Waals surface area contributed by atoms with Crippen LogP contribution < -0.4 is 15.4 Å². The summed E-state index contributed by atoms with van der Waals surface area (Å²) in [4.78, 5) is 22.9. The van der Waals surface area contributed by atoms with Crippen molar-refractivity contribution in [2.24, 2.45) is 11.8 Å². The maximum Gasteiger partial charge on any atom is 0.319 e. The fraction of sp³-hybridized carbons (Fsp3) is 0.429. The number of hydrogen-bond acceptors (Lipinski definition) is 3. The average Bonchev–Trinajstić information content (AvgIpc) is 2.40. The zero-order chi connectivity index (χ0) is 16.0. The summed E-state index contributed by atoms with van der Waals surface area (Å²) in [6.45, 7) is 3.68. The van der Waals surface area contributed by atoms with E-state index in [4.69, 9.17) is 9.84 Å². The third-order valence-corrected chi connectivity index (χ3v) is 3.72. The molecule has 7 heteroatoms. The second-order valence-corrected chi connectivity index (χ2v) is 5.72. The van der Waals surface area contributed by atoms with Crippen LogP contribution in [0.2, 0.25) is 0 Å². The molecule has 0 aliphatic rings. The van der Waals surface area contributed by atoms with Gasteiger partial charge in [0.15, 0.2) is 0 Å². The molecule has 1 aromatic rings. The molecule has 3 N–H and O–H groups in total. The number of hydrogen-bond donors (Lipinski definition) is 3. The van der Waals surface area contributed by atoms with E-state index in [1.54, 1.807) is 32.0 Å². The summed E-state index contributed by atoms with van der Waals surface area (Å²) < 4.78 is 5.79. The van der Waals surface area contributed by atoms with E-state index in [0.29, 0.717) is 15.9 Å². The molecule has 0 spiro atoms. The van der Waals surface area contributed by atoms with Crippen molar-refractivity contribution in [3.63, 3.8) is 0 Å². The second-order valence-electron chi connectivity index (χ2n) is 4.87. The van der Waals surface area contributed by atoms with Gasteiger partial charge in [0.1, 0.15) is 5.75 Å². The van der Waals surface area contributed by atoms with Crippen molar-refractivity contribution in [3.8, 4) is 5.75 Å². The van der Waals surface area contributed by atoms with Crippen LogP contribution in [0.25, 0.3) is 0 Å². The summed E-state index contributed by atoms with van der Waals surface area (Å²) >= 11 is 3.32. The minimum absolute atomic E-state index is 0.0636. The molecular formula is C14H19BrN2O4. The van der Waals surface area contributed by atoms with Crippen molar-refractivity contribution < 1.29 is 19.4 Å². The molecule has 116 valence electrons. The molecule has 0 radical (unpaired) electrons. The molecule has 1 unspecified atom stereocenters. The molecule has 0 aliphatic heterocycles. The van der Waals surface area contributed by atoms with Crippen LogP contribution >= 0.6 is 15.9 Å². The number of aliphatic carboxylic acids is 1. The summed E-state index contributed by atoms with van der Waals surface area (Å²) in [6, 6.07) is 4.71. The number of halogens is 1. The zero-order valence-corrected chi connectivity index (χ0v) is 13.7. The van der Waals surface area contributed by atoms with Crippen LogP contribution in [-0.2, 0) is 4.79 Å². The summed E-state index contributed by atoms with van der Waals surface area (Å²) in [5.74, 6) is -0.997. The smallest absolute Gasteiger partial charge is 0.319 e. The zero-order valence-electron chi connectivity index (χ0n) is 12.1. The van der Waals surface area contributed by atoms with Crippen molar-refractivity contribution in [2.45, 2.75) is 13.8 Å². The van der Waals surface area contributed by atoms with Crippen molar-refractivity contribution in [1.82, 2.24) is 5.32 Å². The van der Waals surface area contributed by atoms with E-state index in [1.165, 1.54) is 7.11 Å². The first-order valence-electron chi connectivity index (χ1n) is 6.46. The Balaban J connectivity index is 2.63. The first kappa shape index (κ1) is 17.3. The van der Waals surface area contributed by atoms with Gasteiger partial charge < -0.3 is 20.5 Å². The number of carboxylic acid groups (broad SMARTS) is 1. The first-order valence-corrected chi connectivity index (χ1v) is 7.25. The third-order valence-electron chi connectivity index (χ3n) is 3.03. The maximum atomic E-state index is 11.8. The first-order chi connectivity index (χ1) is 9.85. The minimum atomic E-state index is -0.923. The van der Waals surface area contributed by atoms with Crippen molar-refractivity contribution in [3.05, 3.63) is 22.7 Å². The molecule has 0 saturated carbocycles. The molecule has 0 heterocycles. The highest BCUT2D eigenvalue weighted by Crippen LogP contribution is 2.26. The summed E-state index contributed by atoms with van der Waals surface area (Å²) in [5.41, 5.74) is 0.545. The predicted molar refractivity (Wildman–Crippen MR) is 83.7 cm³/mol. The van der Waals surface area contributed by atoms with Crippen molar-refractivity contribution in [1.29, 1.82) is 0 Å². The van der Waals surface area contributed by atoms with Crippen LogP contribution in [0.3, 0.4) is 0 Å². The Kier molecular flexibility index (Phi) is 6.48. The van der Waals surface area contributed by atoms with Crippen LogP contribution in [0.5, 0.6) is 5.75 Å². The molecule has 1 rings (SSSR count). The van der Waals surface area contributed by atoms with E-state index in [9.17, 15) is 9.59 Å². The van der Waals surface area contributed by atoms with Gasteiger partial charge in [-0.25, -0.2) is 4.79 Å². The standard InChI is InChI=1S/C14H19BrN2O4/c1-8(2)10(13(18)19)7-16-14(20)17-12-6-9(21-3)4-5-11(12)15/h4-6,8,10H,7H2,1-3H3,(H,18,19)(H2,16,17,20). The lowest BCUT2D eigenvalue weighted by atomic mass is 9.96. The summed E-state index contributed by atoms with van der Waals surface area (Å²) in [7, 11) is 1.53. The number of ether oxygens (including phenoxy) is 1.